The zero-order valence-electron chi connectivity index (χ0n) is 16.3. The van der Waals surface area contributed by atoms with Crippen molar-refractivity contribution in [2.75, 3.05) is 31.6 Å². The number of hydrogen-bond acceptors (Lipinski definition) is 5. The van der Waals surface area contributed by atoms with Gasteiger partial charge >= 0.3 is 0 Å². The van der Waals surface area contributed by atoms with E-state index in [9.17, 15) is 13.2 Å². The zero-order valence-corrected chi connectivity index (χ0v) is 17.8. The molecule has 1 amide bonds. The number of morpholine rings is 1. The maximum atomic E-state index is 12.9. The van der Waals surface area contributed by atoms with Crippen LogP contribution >= 0.6 is 11.6 Å². The average Bonchev–Trinajstić information content (AvgIpc) is 2.74. The first kappa shape index (κ1) is 20.7. The third-order valence-corrected chi connectivity index (χ3v) is 7.04. The summed E-state index contributed by atoms with van der Waals surface area (Å²) in [6, 6.07) is 13.3. The first-order chi connectivity index (χ1) is 14.3. The Balaban J connectivity index is 1.60. The number of benzene rings is 2. The van der Waals surface area contributed by atoms with Crippen LogP contribution in [0.2, 0.25) is 5.02 Å². The largest absolute Gasteiger partial charge is 0.379 e. The van der Waals surface area contributed by atoms with Crippen molar-refractivity contribution in [3.63, 3.8) is 0 Å². The molecule has 1 fully saturated rings. The average molecular weight is 446 g/mol. The molecule has 0 radical (unpaired) electrons. The van der Waals surface area contributed by atoms with Crippen LogP contribution in [0.5, 0.6) is 0 Å². The molecule has 0 aliphatic carbocycles. The Kier molecular flexibility index (Phi) is 5.75. The second-order valence-corrected chi connectivity index (χ2v) is 9.33. The summed E-state index contributed by atoms with van der Waals surface area (Å²) in [6.07, 6.45) is 0. The first-order valence-electron chi connectivity index (χ1n) is 9.41. The number of rotatable bonds is 4. The Morgan fingerprint density at radius 3 is 2.67 bits per heavy atom. The monoisotopic (exact) mass is 445 g/mol. The van der Waals surface area contributed by atoms with E-state index >= 15 is 0 Å². The summed E-state index contributed by atoms with van der Waals surface area (Å²) in [5.41, 5.74) is 2.09. The Bertz CT molecular complexity index is 1220. The third kappa shape index (κ3) is 4.17. The summed E-state index contributed by atoms with van der Waals surface area (Å²) in [5.74, 6) is -0.372. The van der Waals surface area contributed by atoms with Gasteiger partial charge in [-0.25, -0.2) is 8.42 Å². The number of fused-ring (bicyclic) bond motifs is 1. The number of halogens is 1. The Morgan fingerprint density at radius 2 is 1.90 bits per heavy atom. The molecule has 0 spiro atoms. The van der Waals surface area contributed by atoms with Crippen LogP contribution < -0.4 is 5.32 Å². The number of amides is 1. The van der Waals surface area contributed by atoms with Crippen LogP contribution in [0.3, 0.4) is 0 Å². The highest BCUT2D eigenvalue weighted by Gasteiger charge is 2.26. The van der Waals surface area contributed by atoms with Gasteiger partial charge in [0.15, 0.2) is 0 Å². The highest BCUT2D eigenvalue weighted by atomic mass is 35.5. The van der Waals surface area contributed by atoms with Gasteiger partial charge < -0.3 is 10.1 Å². The highest BCUT2D eigenvalue weighted by molar-refractivity contribution is 7.89. The van der Waals surface area contributed by atoms with E-state index in [1.54, 1.807) is 43.3 Å². The van der Waals surface area contributed by atoms with E-state index in [1.807, 2.05) is 0 Å². The molecule has 1 N–H and O–H groups in total. The molecule has 30 heavy (non-hydrogen) atoms. The van der Waals surface area contributed by atoms with E-state index in [1.165, 1.54) is 16.4 Å². The van der Waals surface area contributed by atoms with Crippen LogP contribution in [0.4, 0.5) is 5.69 Å². The number of anilines is 1. The molecular weight excluding hydrogens is 426 g/mol. The number of pyridine rings is 1. The fourth-order valence-electron chi connectivity index (χ4n) is 3.34. The lowest BCUT2D eigenvalue weighted by Gasteiger charge is -2.26. The van der Waals surface area contributed by atoms with Gasteiger partial charge in [0.05, 0.1) is 34.9 Å². The van der Waals surface area contributed by atoms with Crippen molar-refractivity contribution < 1.29 is 17.9 Å². The van der Waals surface area contributed by atoms with Gasteiger partial charge in [0, 0.05) is 29.2 Å². The summed E-state index contributed by atoms with van der Waals surface area (Å²) in [6.45, 7) is 3.11. The highest BCUT2D eigenvalue weighted by Crippen LogP contribution is 2.23. The van der Waals surface area contributed by atoms with Crippen LogP contribution in [0.1, 0.15) is 16.1 Å². The zero-order chi connectivity index (χ0) is 21.3. The second kappa shape index (κ2) is 8.31. The first-order valence-corrected chi connectivity index (χ1v) is 11.2. The number of sulfonamides is 1. The van der Waals surface area contributed by atoms with Crippen molar-refractivity contribution in [1.82, 2.24) is 9.29 Å². The van der Waals surface area contributed by atoms with E-state index in [-0.39, 0.29) is 10.8 Å². The molecule has 3 aromatic rings. The molecular formula is C21H20ClN3O4S. The smallest absolute Gasteiger partial charge is 0.257 e. The SMILES string of the molecule is Cc1nc2ccc(Cl)cc2cc1C(=O)Nc1cccc(S(=O)(=O)N2CCOCC2)c1. The molecule has 1 saturated heterocycles. The molecule has 0 unspecified atom stereocenters. The normalized spacial score (nSPS) is 15.3. The van der Waals surface area contributed by atoms with Crippen LogP contribution in [-0.2, 0) is 14.8 Å². The number of aryl methyl sites for hydroxylation is 1. The van der Waals surface area contributed by atoms with Crippen LogP contribution in [0, 0.1) is 6.92 Å². The predicted molar refractivity (Wildman–Crippen MR) is 115 cm³/mol. The molecule has 0 atom stereocenters. The molecule has 4 rings (SSSR count). The number of nitrogens with one attached hydrogen (secondary N) is 1. The van der Waals surface area contributed by atoms with Crippen LogP contribution in [-0.4, -0.2) is 49.9 Å². The maximum absolute atomic E-state index is 12.9. The molecule has 2 aromatic carbocycles. The van der Waals surface area contributed by atoms with Crippen molar-refractivity contribution in [2.24, 2.45) is 0 Å². The van der Waals surface area contributed by atoms with E-state index in [2.05, 4.69) is 10.3 Å². The Labute approximate surface area is 179 Å². The number of aromatic nitrogens is 1. The lowest BCUT2D eigenvalue weighted by molar-refractivity contribution is 0.0730. The maximum Gasteiger partial charge on any atom is 0.257 e. The third-order valence-electron chi connectivity index (χ3n) is 4.91. The topological polar surface area (TPSA) is 88.6 Å². The molecule has 0 saturated carbocycles. The summed E-state index contributed by atoms with van der Waals surface area (Å²) < 4.78 is 32.3. The Hall–Kier alpha value is -2.52. The molecule has 7 nitrogen and oxygen atoms in total. The fourth-order valence-corrected chi connectivity index (χ4v) is 4.98. The summed E-state index contributed by atoms with van der Waals surface area (Å²) in [5, 5.41) is 4.08. The second-order valence-electron chi connectivity index (χ2n) is 6.96. The van der Waals surface area contributed by atoms with Crippen molar-refractivity contribution in [3.8, 4) is 0 Å². The number of carbonyl (C=O) groups excluding carboxylic acids is 1. The van der Waals surface area contributed by atoms with Crippen molar-refractivity contribution in [2.45, 2.75) is 11.8 Å². The number of ether oxygens (including phenoxy) is 1. The minimum absolute atomic E-state index is 0.127. The van der Waals surface area contributed by atoms with Gasteiger partial charge in [-0.1, -0.05) is 17.7 Å². The van der Waals surface area contributed by atoms with Gasteiger partial charge in [-0.15, -0.1) is 0 Å². The molecule has 0 bridgehead atoms. The van der Waals surface area contributed by atoms with Crippen LogP contribution in [0.15, 0.2) is 53.4 Å². The quantitative estimate of drug-likeness (QED) is 0.664. The van der Waals surface area contributed by atoms with E-state index in [0.29, 0.717) is 48.3 Å². The van der Waals surface area contributed by atoms with Gasteiger partial charge in [-0.05, 0) is 49.4 Å². The number of hydrogen-bond donors (Lipinski definition) is 1. The van der Waals surface area contributed by atoms with E-state index in [4.69, 9.17) is 16.3 Å². The molecule has 1 aromatic heterocycles. The Morgan fingerprint density at radius 1 is 1.13 bits per heavy atom. The minimum Gasteiger partial charge on any atom is -0.379 e. The van der Waals surface area contributed by atoms with Gasteiger partial charge in [0.25, 0.3) is 5.91 Å². The van der Waals surface area contributed by atoms with Gasteiger partial charge in [0.2, 0.25) is 10.0 Å². The van der Waals surface area contributed by atoms with Gasteiger partial charge in [-0.3, -0.25) is 9.78 Å². The van der Waals surface area contributed by atoms with Gasteiger partial charge in [0.1, 0.15) is 0 Å². The fraction of sp³-hybridized carbons (Fsp3) is 0.238. The number of carbonyl (C=O) groups is 1. The van der Waals surface area contributed by atoms with E-state index in [0.717, 1.165) is 10.9 Å². The van der Waals surface area contributed by atoms with Crippen molar-refractivity contribution in [3.05, 3.63) is 64.8 Å². The summed E-state index contributed by atoms with van der Waals surface area (Å²) >= 11 is 6.05. The van der Waals surface area contributed by atoms with Crippen molar-refractivity contribution in [1.29, 1.82) is 0 Å². The standard InChI is InChI=1S/C21H20ClN3O4S/c1-14-19(12-15-11-16(22)5-6-20(15)23-14)21(26)24-17-3-2-4-18(13-17)30(27,28)25-7-9-29-10-8-25/h2-6,11-13H,7-10H2,1H3,(H,24,26). The lowest BCUT2D eigenvalue weighted by atomic mass is 10.1. The van der Waals surface area contributed by atoms with E-state index < -0.39 is 10.0 Å². The van der Waals surface area contributed by atoms with Crippen molar-refractivity contribution >= 4 is 44.1 Å². The molecule has 156 valence electrons. The molecule has 1 aliphatic rings. The summed E-state index contributed by atoms with van der Waals surface area (Å²) in [7, 11) is -3.65. The summed E-state index contributed by atoms with van der Waals surface area (Å²) in [4.78, 5) is 17.5. The minimum atomic E-state index is -3.65. The van der Waals surface area contributed by atoms with Crippen LogP contribution in [0.25, 0.3) is 10.9 Å². The number of nitrogens with zero attached hydrogens (tertiary/aromatic N) is 2. The lowest BCUT2D eigenvalue weighted by Crippen LogP contribution is -2.40. The van der Waals surface area contributed by atoms with Gasteiger partial charge in [-0.2, -0.15) is 4.31 Å². The predicted octanol–water partition coefficient (Wildman–Crippen LogP) is 3.47. The molecule has 2 heterocycles. The molecule has 9 heteroatoms. The molecule has 1 aliphatic heterocycles.